The van der Waals surface area contributed by atoms with Gasteiger partial charge >= 0.3 is 0 Å². The lowest BCUT2D eigenvalue weighted by molar-refractivity contribution is 0.342. The minimum atomic E-state index is 0.598. The van der Waals surface area contributed by atoms with Gasteiger partial charge in [0, 0.05) is 25.8 Å². The van der Waals surface area contributed by atoms with Gasteiger partial charge in [0.2, 0.25) is 0 Å². The molecule has 2 nitrogen and oxygen atoms in total. The van der Waals surface area contributed by atoms with E-state index in [1.807, 2.05) is 36.4 Å². The van der Waals surface area contributed by atoms with Crippen LogP contribution in [0.1, 0.15) is 0 Å². The largest absolute Gasteiger partial charge is 0.492 e. The number of benzene rings is 2. The van der Waals surface area contributed by atoms with E-state index in [1.54, 1.807) is 11.8 Å². The summed E-state index contributed by atoms with van der Waals surface area (Å²) < 4.78 is 7.55. The highest BCUT2D eigenvalue weighted by molar-refractivity contribution is 9.10. The number of halogens is 3. The zero-order valence-electron chi connectivity index (χ0n) is 10.4. The van der Waals surface area contributed by atoms with Crippen LogP contribution in [0.2, 0.25) is 5.02 Å². The highest BCUT2D eigenvalue weighted by Gasteiger charge is 2.03. The average molecular weight is 438 g/mol. The predicted octanol–water partition coefficient (Wildman–Crippen LogP) is 5.62. The van der Waals surface area contributed by atoms with Crippen molar-refractivity contribution >= 4 is 60.9 Å². The third-order valence-corrected chi connectivity index (χ3v) is 4.87. The van der Waals surface area contributed by atoms with Crippen LogP contribution >= 0.6 is 55.2 Å². The van der Waals surface area contributed by atoms with Crippen molar-refractivity contribution in [3.63, 3.8) is 0 Å². The van der Waals surface area contributed by atoms with E-state index in [0.29, 0.717) is 11.6 Å². The number of ether oxygens (including phenoxy) is 1. The number of hydrogen-bond donors (Lipinski definition) is 1. The number of hydrogen-bond acceptors (Lipinski definition) is 3. The second kappa shape index (κ2) is 7.59. The lowest BCUT2D eigenvalue weighted by atomic mass is 10.3. The van der Waals surface area contributed by atoms with Gasteiger partial charge in [0.05, 0.1) is 11.1 Å². The molecule has 2 rings (SSSR count). The third-order valence-electron chi connectivity index (χ3n) is 2.46. The number of nitrogen functional groups attached to an aromatic ring is 1. The molecule has 0 heterocycles. The van der Waals surface area contributed by atoms with Crippen molar-refractivity contribution < 1.29 is 4.74 Å². The molecule has 0 aliphatic heterocycles. The molecule has 6 heteroatoms. The second-order valence-corrected chi connectivity index (χ2v) is 7.30. The van der Waals surface area contributed by atoms with Crippen LogP contribution < -0.4 is 10.5 Å². The fourth-order valence-corrected chi connectivity index (χ4v) is 3.50. The molecule has 0 unspecified atom stereocenters. The standard InChI is InChI=1S/C14H12Br2ClNOS/c15-9-1-4-14(12(18)7-9)20-6-5-19-13-3-2-10(17)8-11(13)16/h1-4,7-8H,5-6,18H2. The Morgan fingerprint density at radius 3 is 2.65 bits per heavy atom. The van der Waals surface area contributed by atoms with Crippen LogP contribution in [0.15, 0.2) is 50.2 Å². The summed E-state index contributed by atoms with van der Waals surface area (Å²) in [6.45, 7) is 0.598. The van der Waals surface area contributed by atoms with Gasteiger partial charge in [-0.05, 0) is 52.3 Å². The molecule has 0 saturated heterocycles. The van der Waals surface area contributed by atoms with Crippen LogP contribution in [0.5, 0.6) is 5.75 Å². The van der Waals surface area contributed by atoms with Crippen molar-refractivity contribution in [1.82, 2.24) is 0 Å². The summed E-state index contributed by atoms with van der Waals surface area (Å²) in [7, 11) is 0. The summed E-state index contributed by atoms with van der Waals surface area (Å²) in [6.07, 6.45) is 0. The van der Waals surface area contributed by atoms with Gasteiger partial charge in [0.15, 0.2) is 0 Å². The van der Waals surface area contributed by atoms with Gasteiger partial charge in [-0.25, -0.2) is 0 Å². The Hall–Kier alpha value is -0.360. The van der Waals surface area contributed by atoms with E-state index in [1.165, 1.54) is 0 Å². The quantitative estimate of drug-likeness (QED) is 0.375. The highest BCUT2D eigenvalue weighted by atomic mass is 79.9. The van der Waals surface area contributed by atoms with Gasteiger partial charge in [0.25, 0.3) is 0 Å². The fraction of sp³-hybridized carbons (Fsp3) is 0.143. The molecule has 0 amide bonds. The number of rotatable bonds is 5. The van der Waals surface area contributed by atoms with Crippen LogP contribution in [-0.2, 0) is 0 Å². The van der Waals surface area contributed by atoms with Crippen molar-refractivity contribution in [2.75, 3.05) is 18.1 Å². The monoisotopic (exact) mass is 435 g/mol. The molecular formula is C14H12Br2ClNOS. The van der Waals surface area contributed by atoms with Gasteiger partial charge in [-0.15, -0.1) is 11.8 Å². The van der Waals surface area contributed by atoms with E-state index in [4.69, 9.17) is 22.1 Å². The van der Waals surface area contributed by atoms with Crippen molar-refractivity contribution in [3.05, 3.63) is 50.4 Å². The first-order valence-corrected chi connectivity index (χ1v) is 8.77. The topological polar surface area (TPSA) is 35.2 Å². The molecule has 20 heavy (non-hydrogen) atoms. The SMILES string of the molecule is Nc1cc(Br)ccc1SCCOc1ccc(Cl)cc1Br. The van der Waals surface area contributed by atoms with E-state index in [2.05, 4.69) is 31.9 Å². The zero-order valence-corrected chi connectivity index (χ0v) is 15.2. The molecule has 0 radical (unpaired) electrons. The maximum atomic E-state index is 5.94. The van der Waals surface area contributed by atoms with Crippen LogP contribution in [0, 0.1) is 0 Å². The molecular weight excluding hydrogens is 425 g/mol. The minimum Gasteiger partial charge on any atom is -0.492 e. The Bertz CT molecular complexity index is 556. The lowest BCUT2D eigenvalue weighted by Crippen LogP contribution is -2.01. The lowest BCUT2D eigenvalue weighted by Gasteiger charge is -2.09. The van der Waals surface area contributed by atoms with Crippen molar-refractivity contribution in [1.29, 1.82) is 0 Å². The van der Waals surface area contributed by atoms with Crippen molar-refractivity contribution in [2.45, 2.75) is 4.90 Å². The van der Waals surface area contributed by atoms with Gasteiger partial charge in [0.1, 0.15) is 5.75 Å². The molecule has 0 aliphatic rings. The maximum Gasteiger partial charge on any atom is 0.133 e. The number of thioether (sulfide) groups is 1. The molecule has 0 aromatic heterocycles. The number of anilines is 1. The zero-order chi connectivity index (χ0) is 14.5. The Morgan fingerprint density at radius 1 is 1.15 bits per heavy atom. The first-order valence-electron chi connectivity index (χ1n) is 5.82. The van der Waals surface area contributed by atoms with E-state index in [-0.39, 0.29) is 0 Å². The summed E-state index contributed by atoms with van der Waals surface area (Å²) in [4.78, 5) is 1.06. The average Bonchev–Trinajstić information content (AvgIpc) is 2.39. The summed E-state index contributed by atoms with van der Waals surface area (Å²) >= 11 is 14.4. The molecule has 0 bridgehead atoms. The Morgan fingerprint density at radius 2 is 1.95 bits per heavy atom. The first-order chi connectivity index (χ1) is 9.56. The summed E-state index contributed by atoms with van der Waals surface area (Å²) in [5.74, 6) is 1.61. The molecule has 0 atom stereocenters. The first kappa shape index (κ1) is 16.0. The molecule has 0 spiro atoms. The minimum absolute atomic E-state index is 0.598. The molecule has 2 N–H and O–H groups in total. The van der Waals surface area contributed by atoms with E-state index in [0.717, 1.165) is 31.0 Å². The van der Waals surface area contributed by atoms with Crippen molar-refractivity contribution in [3.8, 4) is 5.75 Å². The summed E-state index contributed by atoms with van der Waals surface area (Å²) in [5.41, 5.74) is 6.72. The molecule has 2 aromatic rings. The Balaban J connectivity index is 1.84. The Kier molecular flexibility index (Phi) is 6.08. The predicted molar refractivity (Wildman–Crippen MR) is 93.9 cm³/mol. The Labute approximate surface area is 144 Å². The van der Waals surface area contributed by atoms with Gasteiger partial charge in [-0.2, -0.15) is 0 Å². The molecule has 0 fully saturated rings. The molecule has 106 valence electrons. The van der Waals surface area contributed by atoms with Crippen molar-refractivity contribution in [2.24, 2.45) is 0 Å². The van der Waals surface area contributed by atoms with Crippen LogP contribution in [0.3, 0.4) is 0 Å². The smallest absolute Gasteiger partial charge is 0.133 e. The summed E-state index contributed by atoms with van der Waals surface area (Å²) in [6, 6.07) is 11.4. The van der Waals surface area contributed by atoms with Crippen LogP contribution in [0.4, 0.5) is 5.69 Å². The van der Waals surface area contributed by atoms with Gasteiger partial charge in [-0.3, -0.25) is 0 Å². The normalized spacial score (nSPS) is 10.6. The van der Waals surface area contributed by atoms with Gasteiger partial charge in [-0.1, -0.05) is 27.5 Å². The van der Waals surface area contributed by atoms with Crippen LogP contribution in [0.25, 0.3) is 0 Å². The maximum absolute atomic E-state index is 5.94. The van der Waals surface area contributed by atoms with E-state index in [9.17, 15) is 0 Å². The van der Waals surface area contributed by atoms with E-state index >= 15 is 0 Å². The molecule has 0 saturated carbocycles. The summed E-state index contributed by atoms with van der Waals surface area (Å²) in [5, 5.41) is 0.682. The van der Waals surface area contributed by atoms with Gasteiger partial charge < -0.3 is 10.5 Å². The fourth-order valence-electron chi connectivity index (χ4n) is 1.55. The van der Waals surface area contributed by atoms with Crippen LogP contribution in [-0.4, -0.2) is 12.4 Å². The van der Waals surface area contributed by atoms with E-state index < -0.39 is 0 Å². The molecule has 0 aliphatic carbocycles. The second-order valence-electron chi connectivity index (χ2n) is 3.95. The highest BCUT2D eigenvalue weighted by Crippen LogP contribution is 2.30. The number of nitrogens with two attached hydrogens (primary N) is 1. The molecule has 2 aromatic carbocycles. The third kappa shape index (κ3) is 4.58.